The molecule has 10 heteroatoms. The molecule has 0 atom stereocenters. The maximum atomic E-state index is 13.1. The molecule has 2 N–H and O–H groups in total. The molecule has 2 heterocycles. The van der Waals surface area contributed by atoms with Crippen molar-refractivity contribution in [2.75, 3.05) is 17.3 Å². The number of fused-ring (bicyclic) bond motifs is 1. The molecule has 0 radical (unpaired) electrons. The number of carbonyl (C=O) groups is 1. The van der Waals surface area contributed by atoms with Gasteiger partial charge in [0.1, 0.15) is 16.3 Å². The highest BCUT2D eigenvalue weighted by atomic mass is 32.1. The van der Waals surface area contributed by atoms with Gasteiger partial charge in [-0.05, 0) is 18.2 Å². The van der Waals surface area contributed by atoms with Crippen LogP contribution in [0.2, 0.25) is 0 Å². The minimum Gasteiger partial charge on any atom is -0.508 e. The van der Waals surface area contributed by atoms with Crippen molar-refractivity contribution in [1.82, 2.24) is 0 Å². The fourth-order valence-corrected chi connectivity index (χ4v) is 3.39. The Morgan fingerprint density at radius 2 is 1.96 bits per heavy atom. The van der Waals surface area contributed by atoms with Crippen LogP contribution < -0.4 is 15.8 Å². The van der Waals surface area contributed by atoms with E-state index in [-0.39, 0.29) is 16.8 Å². The quantitative estimate of drug-likeness (QED) is 0.591. The third kappa shape index (κ3) is 3.72. The third-order valence-electron chi connectivity index (χ3n) is 3.83. The second kappa shape index (κ2) is 7.04. The van der Waals surface area contributed by atoms with Crippen molar-refractivity contribution in [1.29, 1.82) is 0 Å². The van der Waals surface area contributed by atoms with Gasteiger partial charge in [-0.25, -0.2) is 9.59 Å². The van der Waals surface area contributed by atoms with E-state index in [0.717, 1.165) is 28.4 Å². The number of halogens is 3. The zero-order valence-corrected chi connectivity index (χ0v) is 15.1. The Bertz CT molecular complexity index is 1130. The minimum absolute atomic E-state index is 0.118. The maximum Gasteiger partial charge on any atom is 0.418 e. The standard InChI is InChI=1S/C18H13F3N2O4S/c1-9(24)10-7-14-13(27-16(10)25)8-15(28-14)23(2)17(26)22-12-6-4-3-5-11(12)18(19,20)21/h3-8,24H,1H2,2H3,(H,22,26). The van der Waals surface area contributed by atoms with Gasteiger partial charge in [-0.2, -0.15) is 13.2 Å². The molecule has 2 amide bonds. The molecule has 0 bridgehead atoms. The Labute approximate surface area is 160 Å². The molecule has 2 aromatic heterocycles. The lowest BCUT2D eigenvalue weighted by atomic mass is 10.1. The first-order chi connectivity index (χ1) is 13.1. The van der Waals surface area contributed by atoms with Gasteiger partial charge in [0.25, 0.3) is 0 Å². The number of alkyl halides is 3. The Morgan fingerprint density at radius 1 is 1.29 bits per heavy atom. The van der Waals surface area contributed by atoms with Crippen molar-refractivity contribution in [3.8, 4) is 0 Å². The van der Waals surface area contributed by atoms with E-state index in [9.17, 15) is 27.9 Å². The lowest BCUT2D eigenvalue weighted by Crippen LogP contribution is -2.31. The molecule has 0 saturated heterocycles. The predicted octanol–water partition coefficient (Wildman–Crippen LogP) is 5.07. The van der Waals surface area contributed by atoms with E-state index in [1.54, 1.807) is 0 Å². The topological polar surface area (TPSA) is 82.8 Å². The first-order valence-corrected chi connectivity index (χ1v) is 8.56. The number of carbonyl (C=O) groups excluding carboxylic acids is 1. The molecule has 0 saturated carbocycles. The fourth-order valence-electron chi connectivity index (χ4n) is 2.41. The molecule has 0 aliphatic rings. The van der Waals surface area contributed by atoms with E-state index in [0.29, 0.717) is 9.70 Å². The summed E-state index contributed by atoms with van der Waals surface area (Å²) >= 11 is 1.05. The molecule has 0 fully saturated rings. The van der Waals surface area contributed by atoms with E-state index >= 15 is 0 Å². The molecule has 0 spiro atoms. The van der Waals surface area contributed by atoms with Crippen LogP contribution in [0.15, 0.2) is 52.2 Å². The first-order valence-electron chi connectivity index (χ1n) is 7.75. The zero-order chi connectivity index (χ0) is 20.6. The van der Waals surface area contributed by atoms with Gasteiger partial charge in [0.05, 0.1) is 16.0 Å². The summed E-state index contributed by atoms with van der Waals surface area (Å²) in [7, 11) is 1.36. The number of nitrogens with one attached hydrogen (secondary N) is 1. The number of thiophene rings is 1. The maximum absolute atomic E-state index is 13.1. The van der Waals surface area contributed by atoms with Gasteiger partial charge in [-0.1, -0.05) is 18.7 Å². The number of aliphatic hydroxyl groups excluding tert-OH is 1. The number of amides is 2. The van der Waals surface area contributed by atoms with Crippen LogP contribution in [-0.2, 0) is 6.18 Å². The van der Waals surface area contributed by atoms with Crippen LogP contribution in [0.25, 0.3) is 16.0 Å². The molecule has 1 aromatic carbocycles. The molecular weight excluding hydrogens is 397 g/mol. The number of rotatable bonds is 3. The normalized spacial score (nSPS) is 11.4. The lowest BCUT2D eigenvalue weighted by Gasteiger charge is -2.18. The second-order valence-corrected chi connectivity index (χ2v) is 6.80. The Balaban J connectivity index is 1.90. The van der Waals surface area contributed by atoms with Crippen LogP contribution in [0.1, 0.15) is 11.1 Å². The summed E-state index contributed by atoms with van der Waals surface area (Å²) in [5, 5.41) is 12.0. The molecule has 0 aliphatic carbocycles. The van der Waals surface area contributed by atoms with Crippen molar-refractivity contribution in [3.63, 3.8) is 0 Å². The van der Waals surface area contributed by atoms with E-state index < -0.39 is 29.2 Å². The second-order valence-electron chi connectivity index (χ2n) is 5.74. The average molecular weight is 410 g/mol. The third-order valence-corrected chi connectivity index (χ3v) is 4.97. The molecular formula is C18H13F3N2O4S. The Kier molecular flexibility index (Phi) is 4.90. The van der Waals surface area contributed by atoms with E-state index in [1.165, 1.54) is 31.3 Å². The van der Waals surface area contributed by atoms with Gasteiger partial charge >= 0.3 is 17.8 Å². The summed E-state index contributed by atoms with van der Waals surface area (Å²) in [6.45, 7) is 3.27. The predicted molar refractivity (Wildman–Crippen MR) is 101 cm³/mol. The van der Waals surface area contributed by atoms with Crippen molar-refractivity contribution < 1.29 is 27.5 Å². The van der Waals surface area contributed by atoms with Crippen molar-refractivity contribution in [3.05, 3.63) is 64.5 Å². The van der Waals surface area contributed by atoms with E-state index in [2.05, 4.69) is 11.9 Å². The van der Waals surface area contributed by atoms with E-state index in [4.69, 9.17) is 4.42 Å². The smallest absolute Gasteiger partial charge is 0.418 e. The fraction of sp³-hybridized carbons (Fsp3) is 0.111. The van der Waals surface area contributed by atoms with E-state index in [1.807, 2.05) is 0 Å². The van der Waals surface area contributed by atoms with Gasteiger partial charge < -0.3 is 14.8 Å². The number of nitrogens with zero attached hydrogens (tertiary/aromatic N) is 1. The summed E-state index contributed by atoms with van der Waals surface area (Å²) in [6, 6.07) is 6.58. The largest absolute Gasteiger partial charge is 0.508 e. The summed E-state index contributed by atoms with van der Waals surface area (Å²) in [5.74, 6) is -0.458. The molecule has 146 valence electrons. The summed E-state index contributed by atoms with van der Waals surface area (Å²) in [5.41, 5.74) is -2.09. The van der Waals surface area contributed by atoms with Gasteiger partial charge in [-0.3, -0.25) is 4.90 Å². The number of aliphatic hydroxyl groups is 1. The number of hydrogen-bond donors (Lipinski definition) is 2. The molecule has 6 nitrogen and oxygen atoms in total. The van der Waals surface area contributed by atoms with Crippen LogP contribution in [0, 0.1) is 0 Å². The SMILES string of the molecule is C=C(O)c1cc2sc(N(C)C(=O)Nc3ccccc3C(F)(F)F)cc2oc1=O. The molecule has 0 unspecified atom stereocenters. The van der Waals surface area contributed by atoms with Crippen molar-refractivity contribution in [2.45, 2.75) is 6.18 Å². The molecule has 3 rings (SSSR count). The van der Waals surface area contributed by atoms with Gasteiger partial charge in [-0.15, -0.1) is 11.3 Å². The Morgan fingerprint density at radius 3 is 2.61 bits per heavy atom. The van der Waals surface area contributed by atoms with Crippen molar-refractivity contribution in [2.24, 2.45) is 0 Å². The number of urea groups is 1. The highest BCUT2D eigenvalue weighted by Gasteiger charge is 2.33. The number of benzene rings is 1. The van der Waals surface area contributed by atoms with Crippen LogP contribution >= 0.6 is 11.3 Å². The van der Waals surface area contributed by atoms with Crippen LogP contribution in [0.3, 0.4) is 0 Å². The first kappa shape index (κ1) is 19.5. The molecule has 0 aliphatic heterocycles. The molecule has 28 heavy (non-hydrogen) atoms. The van der Waals surface area contributed by atoms with Crippen LogP contribution in [-0.4, -0.2) is 18.2 Å². The Hall–Kier alpha value is -3.27. The lowest BCUT2D eigenvalue weighted by molar-refractivity contribution is -0.136. The van der Waals surface area contributed by atoms with Gasteiger partial charge in [0.15, 0.2) is 5.58 Å². The summed E-state index contributed by atoms with van der Waals surface area (Å²) in [6.07, 6.45) is -4.62. The van der Waals surface area contributed by atoms with Crippen molar-refractivity contribution >= 4 is 44.1 Å². The zero-order valence-electron chi connectivity index (χ0n) is 14.3. The monoisotopic (exact) mass is 410 g/mol. The number of hydrogen-bond acceptors (Lipinski definition) is 5. The number of anilines is 2. The van der Waals surface area contributed by atoms with Gasteiger partial charge in [0, 0.05) is 13.1 Å². The highest BCUT2D eigenvalue weighted by Crippen LogP contribution is 2.36. The minimum atomic E-state index is -4.62. The highest BCUT2D eigenvalue weighted by molar-refractivity contribution is 7.22. The molecule has 3 aromatic rings. The van der Waals surface area contributed by atoms with Crippen LogP contribution in [0.5, 0.6) is 0 Å². The summed E-state index contributed by atoms with van der Waals surface area (Å²) in [4.78, 5) is 25.3. The summed E-state index contributed by atoms with van der Waals surface area (Å²) < 4.78 is 44.7. The van der Waals surface area contributed by atoms with Gasteiger partial charge in [0.2, 0.25) is 0 Å². The van der Waals surface area contributed by atoms with Crippen LogP contribution in [0.4, 0.5) is 28.7 Å². The average Bonchev–Trinajstić information content (AvgIpc) is 3.02. The number of para-hydroxylation sites is 1.